The Balaban J connectivity index is 1.52. The minimum atomic E-state index is -3.46. The van der Waals surface area contributed by atoms with Gasteiger partial charge in [0.1, 0.15) is 11.5 Å². The summed E-state index contributed by atoms with van der Waals surface area (Å²) in [5, 5.41) is 7.24. The molecule has 0 bridgehead atoms. The first-order valence-corrected chi connectivity index (χ1v) is 11.6. The molecule has 1 amide bonds. The van der Waals surface area contributed by atoms with Crippen LogP contribution in [0.5, 0.6) is 0 Å². The maximum atomic E-state index is 12.9. The first kappa shape index (κ1) is 21.3. The molecule has 1 aliphatic heterocycles. The molecular formula is C21H24N4O5S. The minimum Gasteiger partial charge on any atom is -0.460 e. The first-order valence-electron chi connectivity index (χ1n) is 10.00. The molecule has 10 heteroatoms. The summed E-state index contributed by atoms with van der Waals surface area (Å²) in [6.45, 7) is 3.25. The van der Waals surface area contributed by atoms with Gasteiger partial charge in [-0.2, -0.15) is 9.40 Å². The smallest absolute Gasteiger partial charge is 0.255 e. The molecule has 1 fully saturated rings. The van der Waals surface area contributed by atoms with Crippen LogP contribution in [0.3, 0.4) is 0 Å². The van der Waals surface area contributed by atoms with Gasteiger partial charge in [-0.05, 0) is 31.2 Å². The average molecular weight is 445 g/mol. The highest BCUT2D eigenvalue weighted by molar-refractivity contribution is 7.89. The number of hydrogen-bond donors (Lipinski definition) is 1. The molecule has 1 saturated heterocycles. The van der Waals surface area contributed by atoms with Crippen LogP contribution < -0.4 is 5.32 Å². The Labute approximate surface area is 180 Å². The Morgan fingerprint density at radius 1 is 1.13 bits per heavy atom. The molecule has 0 aliphatic carbocycles. The monoisotopic (exact) mass is 444 g/mol. The second-order valence-electron chi connectivity index (χ2n) is 7.17. The van der Waals surface area contributed by atoms with E-state index >= 15 is 0 Å². The third kappa shape index (κ3) is 4.87. The molecular weight excluding hydrogens is 420 g/mol. The number of aromatic nitrogens is 2. The van der Waals surface area contributed by atoms with Crippen LogP contribution in [-0.4, -0.2) is 67.0 Å². The maximum absolute atomic E-state index is 12.9. The SMILES string of the molecule is Cc1ccc(-c2nn(-c3ccccc3)cc2C(=O)NCCS(=O)(=O)N2CCOCC2)o1. The van der Waals surface area contributed by atoms with Gasteiger partial charge in [-0.25, -0.2) is 13.1 Å². The molecule has 31 heavy (non-hydrogen) atoms. The van der Waals surface area contributed by atoms with Crippen molar-refractivity contribution in [2.75, 3.05) is 38.6 Å². The normalized spacial score (nSPS) is 15.1. The zero-order valence-corrected chi connectivity index (χ0v) is 18.0. The molecule has 4 rings (SSSR count). The molecule has 0 spiro atoms. The standard InChI is InChI=1S/C21H24N4O5S/c1-16-7-8-19(30-16)20-18(15-25(23-20)17-5-3-2-4-6-17)21(26)22-9-14-31(27,28)24-10-12-29-13-11-24/h2-8,15H,9-14H2,1H3,(H,22,26). The van der Waals surface area contributed by atoms with Crippen LogP contribution in [0.15, 0.2) is 53.1 Å². The lowest BCUT2D eigenvalue weighted by molar-refractivity contribution is 0.0730. The van der Waals surface area contributed by atoms with Crippen molar-refractivity contribution in [3.8, 4) is 17.1 Å². The van der Waals surface area contributed by atoms with E-state index in [1.165, 1.54) is 4.31 Å². The number of ether oxygens (including phenoxy) is 1. The van der Waals surface area contributed by atoms with Crippen molar-refractivity contribution in [3.05, 3.63) is 60.0 Å². The summed E-state index contributed by atoms with van der Waals surface area (Å²) in [6.07, 6.45) is 1.62. The summed E-state index contributed by atoms with van der Waals surface area (Å²) < 4.78 is 38.8. The van der Waals surface area contributed by atoms with Crippen molar-refractivity contribution in [2.24, 2.45) is 0 Å². The molecule has 1 N–H and O–H groups in total. The van der Waals surface area contributed by atoms with Crippen molar-refractivity contribution in [3.63, 3.8) is 0 Å². The van der Waals surface area contributed by atoms with Crippen LogP contribution in [0.2, 0.25) is 0 Å². The Hall–Kier alpha value is -2.95. The van der Waals surface area contributed by atoms with Crippen molar-refractivity contribution < 1.29 is 22.4 Å². The number of benzene rings is 1. The Morgan fingerprint density at radius 3 is 2.55 bits per heavy atom. The van der Waals surface area contributed by atoms with E-state index in [2.05, 4.69) is 10.4 Å². The number of aryl methyl sites for hydroxylation is 1. The topological polar surface area (TPSA) is 107 Å². The lowest BCUT2D eigenvalue weighted by atomic mass is 10.2. The molecule has 9 nitrogen and oxygen atoms in total. The zero-order valence-electron chi connectivity index (χ0n) is 17.2. The molecule has 3 aromatic rings. The number of amides is 1. The van der Waals surface area contributed by atoms with Gasteiger partial charge < -0.3 is 14.5 Å². The van der Waals surface area contributed by atoms with Gasteiger partial charge in [-0.1, -0.05) is 18.2 Å². The van der Waals surface area contributed by atoms with Gasteiger partial charge in [0, 0.05) is 25.8 Å². The number of para-hydroxylation sites is 1. The van der Waals surface area contributed by atoms with Crippen molar-refractivity contribution in [1.82, 2.24) is 19.4 Å². The van der Waals surface area contributed by atoms with E-state index in [0.717, 1.165) is 5.69 Å². The summed E-state index contributed by atoms with van der Waals surface area (Å²) in [6, 6.07) is 13.0. The summed E-state index contributed by atoms with van der Waals surface area (Å²) in [5.74, 6) is 0.578. The van der Waals surface area contributed by atoms with Gasteiger partial charge in [0.05, 0.1) is 30.2 Å². The predicted molar refractivity (Wildman–Crippen MR) is 115 cm³/mol. The van der Waals surface area contributed by atoms with Gasteiger partial charge in [0.2, 0.25) is 10.0 Å². The Bertz CT molecular complexity index is 1150. The molecule has 0 radical (unpaired) electrons. The number of carbonyl (C=O) groups is 1. The molecule has 0 atom stereocenters. The fourth-order valence-electron chi connectivity index (χ4n) is 3.34. The number of morpholine rings is 1. The number of carbonyl (C=O) groups excluding carboxylic acids is 1. The average Bonchev–Trinajstić information content (AvgIpc) is 3.41. The van der Waals surface area contributed by atoms with Crippen LogP contribution in [0.1, 0.15) is 16.1 Å². The minimum absolute atomic E-state index is 0.00827. The number of rotatable bonds is 7. The number of nitrogens with zero attached hydrogens (tertiary/aromatic N) is 3. The van der Waals surface area contributed by atoms with E-state index in [0.29, 0.717) is 49.1 Å². The van der Waals surface area contributed by atoms with E-state index < -0.39 is 15.9 Å². The van der Waals surface area contributed by atoms with Gasteiger partial charge in [0.25, 0.3) is 5.91 Å². The summed E-state index contributed by atoms with van der Waals surface area (Å²) in [7, 11) is -3.46. The summed E-state index contributed by atoms with van der Waals surface area (Å²) in [4.78, 5) is 12.9. The third-order valence-electron chi connectivity index (χ3n) is 4.96. The molecule has 1 aliphatic rings. The highest BCUT2D eigenvalue weighted by Crippen LogP contribution is 2.25. The molecule has 0 unspecified atom stereocenters. The number of sulfonamides is 1. The van der Waals surface area contributed by atoms with E-state index in [1.54, 1.807) is 23.0 Å². The van der Waals surface area contributed by atoms with Crippen LogP contribution in [0.4, 0.5) is 0 Å². The molecule has 1 aromatic carbocycles. The number of hydrogen-bond acceptors (Lipinski definition) is 6. The van der Waals surface area contributed by atoms with Crippen LogP contribution >= 0.6 is 0 Å². The molecule has 3 heterocycles. The van der Waals surface area contributed by atoms with E-state index in [-0.39, 0.29) is 12.3 Å². The highest BCUT2D eigenvalue weighted by atomic mass is 32.2. The molecule has 0 saturated carbocycles. The third-order valence-corrected chi connectivity index (χ3v) is 6.83. The lowest BCUT2D eigenvalue weighted by Gasteiger charge is -2.26. The van der Waals surface area contributed by atoms with E-state index in [1.807, 2.05) is 37.3 Å². The van der Waals surface area contributed by atoms with Gasteiger partial charge >= 0.3 is 0 Å². The Kier molecular flexibility index (Phi) is 6.21. The zero-order chi connectivity index (χ0) is 21.8. The second kappa shape index (κ2) is 9.04. The van der Waals surface area contributed by atoms with Crippen molar-refractivity contribution in [2.45, 2.75) is 6.92 Å². The predicted octanol–water partition coefficient (Wildman–Crippen LogP) is 1.83. The fraction of sp³-hybridized carbons (Fsp3) is 0.333. The quantitative estimate of drug-likeness (QED) is 0.596. The van der Waals surface area contributed by atoms with Crippen LogP contribution in [0, 0.1) is 6.92 Å². The van der Waals surface area contributed by atoms with Crippen LogP contribution in [-0.2, 0) is 14.8 Å². The Morgan fingerprint density at radius 2 is 1.87 bits per heavy atom. The van der Waals surface area contributed by atoms with E-state index in [9.17, 15) is 13.2 Å². The second-order valence-corrected chi connectivity index (χ2v) is 9.25. The van der Waals surface area contributed by atoms with E-state index in [4.69, 9.17) is 9.15 Å². The van der Waals surface area contributed by atoms with Gasteiger partial charge in [-0.3, -0.25) is 4.79 Å². The van der Waals surface area contributed by atoms with Crippen LogP contribution in [0.25, 0.3) is 17.1 Å². The van der Waals surface area contributed by atoms with Crippen molar-refractivity contribution in [1.29, 1.82) is 0 Å². The molecule has 2 aromatic heterocycles. The summed E-state index contributed by atoms with van der Waals surface area (Å²) >= 11 is 0. The van der Waals surface area contributed by atoms with Gasteiger partial charge in [0.15, 0.2) is 5.76 Å². The largest absolute Gasteiger partial charge is 0.460 e. The van der Waals surface area contributed by atoms with Crippen molar-refractivity contribution >= 4 is 15.9 Å². The number of nitrogens with one attached hydrogen (secondary N) is 1. The first-order chi connectivity index (χ1) is 14.9. The lowest BCUT2D eigenvalue weighted by Crippen LogP contribution is -2.43. The molecule has 164 valence electrons. The maximum Gasteiger partial charge on any atom is 0.255 e. The van der Waals surface area contributed by atoms with Gasteiger partial charge in [-0.15, -0.1) is 0 Å². The highest BCUT2D eigenvalue weighted by Gasteiger charge is 2.25. The number of furan rings is 1. The fourth-order valence-corrected chi connectivity index (χ4v) is 4.66. The summed E-state index contributed by atoms with van der Waals surface area (Å²) in [5.41, 5.74) is 1.49.